The quantitative estimate of drug-likeness (QED) is 0.147. The van der Waals surface area contributed by atoms with Crippen molar-refractivity contribution in [3.8, 4) is 34.1 Å². The van der Waals surface area contributed by atoms with Crippen LogP contribution >= 0.6 is 11.6 Å². The second-order valence-corrected chi connectivity index (χ2v) is 17.3. The number of piperidine rings is 1. The summed E-state index contributed by atoms with van der Waals surface area (Å²) in [7, 11) is -3.47. The molecular weight excluding hydrogens is 758 g/mol. The summed E-state index contributed by atoms with van der Waals surface area (Å²) in [5, 5.41) is 20.2. The van der Waals surface area contributed by atoms with E-state index in [0.29, 0.717) is 71.8 Å². The Morgan fingerprint density at radius 3 is 2.61 bits per heavy atom. The van der Waals surface area contributed by atoms with Gasteiger partial charge in [0, 0.05) is 68.4 Å². The summed E-state index contributed by atoms with van der Waals surface area (Å²) in [5.41, 5.74) is 5.24. The van der Waals surface area contributed by atoms with Crippen molar-refractivity contribution < 1.29 is 42.4 Å². The number of fused-ring (bicyclic) bond motifs is 1. The van der Waals surface area contributed by atoms with Crippen LogP contribution in [0.1, 0.15) is 54.4 Å². The molecule has 1 aromatic heterocycles. The van der Waals surface area contributed by atoms with E-state index < -0.39 is 21.8 Å². The van der Waals surface area contributed by atoms with Gasteiger partial charge in [-0.15, -0.1) is 0 Å². The van der Waals surface area contributed by atoms with Crippen molar-refractivity contribution in [2.45, 2.75) is 81.9 Å². The molecule has 3 aliphatic heterocycles. The largest absolute Gasteiger partial charge is 0.488 e. The van der Waals surface area contributed by atoms with Gasteiger partial charge >= 0.3 is 5.97 Å². The number of aromatic nitrogens is 1. The molecule has 56 heavy (non-hydrogen) atoms. The summed E-state index contributed by atoms with van der Waals surface area (Å²) >= 11 is 6.85. The van der Waals surface area contributed by atoms with Gasteiger partial charge in [-0.2, -0.15) is 0 Å². The Labute approximate surface area is 332 Å². The number of hydrogen-bond donors (Lipinski definition) is 2. The van der Waals surface area contributed by atoms with E-state index in [1.54, 1.807) is 18.3 Å². The Morgan fingerprint density at radius 1 is 0.982 bits per heavy atom. The Kier molecular flexibility index (Phi) is 12.4. The molecule has 3 aliphatic rings. The molecule has 0 spiro atoms. The second-order valence-electron chi connectivity index (χ2n) is 14.9. The molecule has 3 atom stereocenters. The van der Waals surface area contributed by atoms with Gasteiger partial charge in [-0.3, -0.25) is 14.7 Å². The van der Waals surface area contributed by atoms with Crippen molar-refractivity contribution in [2.75, 3.05) is 39.0 Å². The highest BCUT2D eigenvalue weighted by atomic mass is 35.5. The van der Waals surface area contributed by atoms with E-state index >= 15 is 0 Å². The van der Waals surface area contributed by atoms with E-state index in [1.165, 1.54) is 12.3 Å². The standard InChI is InChI=1S/C42H48ClN3O9S/c1-27-30(6-5-7-35(27)29-9-10-38-41(18-29)55-33(26-54-38)12-15-45-14-11-32(47)23-45)25-53-40-19-39(52-24-28-16-34(21-44-20-28)56(2,50)51)31(17-36(40)43)22-46-13-4-3-8-37(46)42(48)49/h5-7,9-10,16-21,32-33,37,47H,3-4,8,11-15,22-26H2,1-2H3,(H,48,49)/t32-,33?,37+/m1/s1. The molecule has 0 aliphatic carbocycles. The molecule has 4 aromatic rings. The smallest absolute Gasteiger partial charge is 0.320 e. The van der Waals surface area contributed by atoms with Gasteiger partial charge in [-0.1, -0.05) is 42.3 Å². The number of hydrogen-bond acceptors (Lipinski definition) is 11. The SMILES string of the molecule is Cc1c(COc2cc(OCc3cncc(S(C)(=O)=O)c3)c(CN3CCCC[C@H]3C(=O)O)cc2Cl)cccc1-c1ccc2c(c1)OC(CCN1CC[C@@H](O)C1)CO2. The Hall–Kier alpha value is -4.40. The lowest BCUT2D eigenvalue weighted by Gasteiger charge is -2.33. The van der Waals surface area contributed by atoms with Crippen LogP contribution in [-0.2, 0) is 34.4 Å². The normalized spacial score (nSPS) is 20.2. The average Bonchev–Trinajstić information content (AvgIpc) is 3.61. The van der Waals surface area contributed by atoms with Gasteiger partial charge in [-0.25, -0.2) is 8.42 Å². The minimum atomic E-state index is -3.47. The van der Waals surface area contributed by atoms with Gasteiger partial charge in [-0.05, 0) is 79.3 Å². The molecule has 0 saturated carbocycles. The maximum atomic E-state index is 12.2. The van der Waals surface area contributed by atoms with Crippen LogP contribution in [0.5, 0.6) is 23.0 Å². The van der Waals surface area contributed by atoms with E-state index in [0.717, 1.165) is 67.3 Å². The molecule has 2 N–H and O–H groups in total. The Bertz CT molecular complexity index is 2170. The highest BCUT2D eigenvalue weighted by Crippen LogP contribution is 2.39. The van der Waals surface area contributed by atoms with E-state index in [9.17, 15) is 23.4 Å². The van der Waals surface area contributed by atoms with Gasteiger partial charge in [0.1, 0.15) is 43.5 Å². The first-order chi connectivity index (χ1) is 26.9. The molecule has 2 fully saturated rings. The first-order valence-corrected chi connectivity index (χ1v) is 21.3. The number of carboxylic acids is 1. The number of benzene rings is 3. The number of rotatable bonds is 14. The molecule has 7 rings (SSSR count). The van der Waals surface area contributed by atoms with E-state index in [2.05, 4.69) is 16.0 Å². The van der Waals surface area contributed by atoms with Gasteiger partial charge in [0.15, 0.2) is 21.3 Å². The third-order valence-electron chi connectivity index (χ3n) is 10.8. The fourth-order valence-corrected chi connectivity index (χ4v) is 8.46. The zero-order chi connectivity index (χ0) is 39.4. The van der Waals surface area contributed by atoms with Crippen molar-refractivity contribution in [3.63, 3.8) is 0 Å². The van der Waals surface area contributed by atoms with Gasteiger partial charge in [0.05, 0.1) is 16.0 Å². The van der Waals surface area contributed by atoms with Crippen LogP contribution in [-0.4, -0.2) is 96.7 Å². The molecule has 12 nitrogen and oxygen atoms in total. The molecule has 0 bridgehead atoms. The van der Waals surface area contributed by atoms with Crippen molar-refractivity contribution in [2.24, 2.45) is 0 Å². The number of aliphatic hydroxyl groups excluding tert-OH is 1. The lowest BCUT2D eigenvalue weighted by molar-refractivity contribution is -0.144. The number of ether oxygens (including phenoxy) is 4. The van der Waals surface area contributed by atoms with Crippen molar-refractivity contribution in [1.29, 1.82) is 0 Å². The minimum absolute atomic E-state index is 0.0206. The van der Waals surface area contributed by atoms with Crippen LogP contribution in [0.25, 0.3) is 11.1 Å². The summed E-state index contributed by atoms with van der Waals surface area (Å²) in [6.45, 7) is 6.14. The number of aliphatic hydroxyl groups is 1. The van der Waals surface area contributed by atoms with Crippen LogP contribution in [0.2, 0.25) is 5.02 Å². The van der Waals surface area contributed by atoms with Crippen LogP contribution in [0.15, 0.2) is 71.9 Å². The monoisotopic (exact) mass is 805 g/mol. The molecule has 2 saturated heterocycles. The molecule has 4 heterocycles. The Balaban J connectivity index is 1.08. The molecule has 298 valence electrons. The average molecular weight is 806 g/mol. The topological polar surface area (TPSA) is 148 Å². The number of carboxylic acid groups (broad SMARTS) is 1. The highest BCUT2D eigenvalue weighted by Gasteiger charge is 2.30. The summed E-state index contributed by atoms with van der Waals surface area (Å²) in [5.74, 6) is 1.39. The maximum absolute atomic E-state index is 12.2. The highest BCUT2D eigenvalue weighted by molar-refractivity contribution is 7.90. The summed E-state index contributed by atoms with van der Waals surface area (Å²) < 4.78 is 49.5. The lowest BCUT2D eigenvalue weighted by Crippen LogP contribution is -2.44. The van der Waals surface area contributed by atoms with Crippen molar-refractivity contribution in [1.82, 2.24) is 14.8 Å². The number of carbonyl (C=O) groups is 1. The lowest BCUT2D eigenvalue weighted by atomic mass is 9.96. The number of halogens is 1. The van der Waals surface area contributed by atoms with Gasteiger partial charge in [0.2, 0.25) is 0 Å². The van der Waals surface area contributed by atoms with Gasteiger partial charge in [0.25, 0.3) is 0 Å². The van der Waals surface area contributed by atoms with E-state index in [4.69, 9.17) is 30.5 Å². The maximum Gasteiger partial charge on any atom is 0.320 e. The third-order valence-corrected chi connectivity index (χ3v) is 12.2. The molecule has 3 aromatic carbocycles. The van der Waals surface area contributed by atoms with Crippen LogP contribution < -0.4 is 18.9 Å². The number of sulfone groups is 1. The fourth-order valence-electron chi connectivity index (χ4n) is 7.61. The summed E-state index contributed by atoms with van der Waals surface area (Å²) in [6.07, 6.45) is 7.56. The molecule has 0 amide bonds. The predicted molar refractivity (Wildman–Crippen MR) is 211 cm³/mol. The predicted octanol–water partition coefficient (Wildman–Crippen LogP) is 6.31. The molecule has 0 radical (unpaired) electrons. The minimum Gasteiger partial charge on any atom is -0.488 e. The number of aliphatic carboxylic acids is 1. The zero-order valence-corrected chi connectivity index (χ0v) is 33.2. The Morgan fingerprint density at radius 2 is 1.82 bits per heavy atom. The summed E-state index contributed by atoms with van der Waals surface area (Å²) in [4.78, 5) is 20.5. The van der Waals surface area contributed by atoms with Crippen molar-refractivity contribution >= 4 is 27.4 Å². The van der Waals surface area contributed by atoms with Gasteiger partial charge < -0.3 is 34.1 Å². The second kappa shape index (κ2) is 17.4. The van der Waals surface area contributed by atoms with Crippen molar-refractivity contribution in [3.05, 3.63) is 94.3 Å². The third kappa shape index (κ3) is 9.58. The van der Waals surface area contributed by atoms with Crippen LogP contribution in [0.3, 0.4) is 0 Å². The fraction of sp³-hybridized carbons (Fsp3) is 0.429. The first kappa shape index (κ1) is 39.8. The van der Waals surface area contributed by atoms with E-state index in [1.807, 2.05) is 42.2 Å². The molecular formula is C42H48ClN3O9S. The van der Waals surface area contributed by atoms with E-state index in [-0.39, 0.29) is 30.3 Å². The first-order valence-electron chi connectivity index (χ1n) is 19.0. The van der Waals surface area contributed by atoms with Crippen LogP contribution in [0, 0.1) is 6.92 Å². The number of pyridine rings is 1. The van der Waals surface area contributed by atoms with Crippen LogP contribution in [0.4, 0.5) is 0 Å². The molecule has 14 heteroatoms. The molecule has 1 unspecified atom stereocenters. The number of likely N-dealkylation sites (tertiary alicyclic amines) is 2. The zero-order valence-electron chi connectivity index (χ0n) is 31.7. The number of β-amino-alcohol motifs (C(OH)–C–C–N with tert-alkyl or cyclic N) is 1. The summed E-state index contributed by atoms with van der Waals surface area (Å²) in [6, 6.07) is 16.4. The number of nitrogens with zero attached hydrogens (tertiary/aromatic N) is 3.